The van der Waals surface area contributed by atoms with Gasteiger partial charge in [-0.25, -0.2) is 9.59 Å². The van der Waals surface area contributed by atoms with Crippen LogP contribution in [-0.2, 0) is 29.1 Å². The number of nitrogens with zero attached hydrogens (tertiary/aromatic N) is 3. The molecule has 9 heteroatoms. The fraction of sp³-hybridized carbons (Fsp3) is 0.227. The van der Waals surface area contributed by atoms with Gasteiger partial charge in [0, 0.05) is 5.56 Å². The highest BCUT2D eigenvalue weighted by atomic mass is 16.6. The Morgan fingerprint density at radius 1 is 1.10 bits per heavy atom. The van der Waals surface area contributed by atoms with Gasteiger partial charge < -0.3 is 14.6 Å². The summed E-state index contributed by atoms with van der Waals surface area (Å²) < 4.78 is 10.4. The topological polar surface area (TPSA) is 115 Å². The first-order valence-corrected chi connectivity index (χ1v) is 9.79. The molecule has 3 amide bonds. The van der Waals surface area contributed by atoms with Crippen molar-refractivity contribution in [3.05, 3.63) is 71.1 Å². The zero-order valence-corrected chi connectivity index (χ0v) is 16.8. The lowest BCUT2D eigenvalue weighted by atomic mass is 10.1. The Bertz CT molecular complexity index is 1090. The molecule has 1 aliphatic heterocycles. The number of amides is 3. The second-order valence-corrected chi connectivity index (χ2v) is 6.97. The van der Waals surface area contributed by atoms with E-state index >= 15 is 0 Å². The number of hydrogen-bond donors (Lipinski definition) is 1. The van der Waals surface area contributed by atoms with Crippen LogP contribution in [0, 0.1) is 0 Å². The van der Waals surface area contributed by atoms with E-state index in [1.165, 1.54) is 5.56 Å². The van der Waals surface area contributed by atoms with Crippen LogP contribution >= 0.6 is 0 Å². The molecule has 0 radical (unpaired) electrons. The van der Waals surface area contributed by atoms with Crippen molar-refractivity contribution in [2.45, 2.75) is 26.5 Å². The number of carbonyl (C=O) groups excluding carboxylic acids is 3. The molecule has 9 nitrogen and oxygen atoms in total. The molecule has 0 bridgehead atoms. The van der Waals surface area contributed by atoms with Crippen LogP contribution in [0.2, 0.25) is 0 Å². The summed E-state index contributed by atoms with van der Waals surface area (Å²) in [6.45, 7) is 2.08. The first-order valence-electron chi connectivity index (χ1n) is 9.79. The van der Waals surface area contributed by atoms with Crippen LogP contribution in [0.3, 0.4) is 0 Å². The highest BCUT2D eigenvalue weighted by molar-refractivity contribution is 6.01. The van der Waals surface area contributed by atoms with Gasteiger partial charge in [-0.05, 0) is 29.7 Å². The number of nitrogens with one attached hydrogen (secondary N) is 1. The number of aromatic nitrogens is 2. The SMILES string of the molecule is CCc1ccc(-c2noc(COC(=O)c3ccc(CN4C(=O)CNC4=O)cc3)n2)cc1. The summed E-state index contributed by atoms with van der Waals surface area (Å²) >= 11 is 0. The summed E-state index contributed by atoms with van der Waals surface area (Å²) in [7, 11) is 0. The van der Waals surface area contributed by atoms with Gasteiger partial charge in [0.15, 0.2) is 6.61 Å². The number of hydrogen-bond acceptors (Lipinski definition) is 7. The first-order chi connectivity index (χ1) is 15.0. The molecule has 2 aromatic carbocycles. The molecule has 3 aromatic rings. The number of esters is 1. The first kappa shape index (κ1) is 20.3. The molecule has 1 aliphatic rings. The summed E-state index contributed by atoms with van der Waals surface area (Å²) in [5.74, 6) is -0.209. The van der Waals surface area contributed by atoms with Gasteiger partial charge in [0.2, 0.25) is 11.7 Å². The minimum absolute atomic E-state index is 0.00464. The lowest BCUT2D eigenvalue weighted by molar-refractivity contribution is -0.125. The standard InChI is InChI=1S/C22H20N4O5/c1-2-14-3-7-16(8-4-14)20-24-18(31-25-20)13-30-21(28)17-9-5-15(6-10-17)12-26-19(27)11-23-22(26)29/h3-10H,2,11-13H2,1H3,(H,23,29). The molecule has 1 fully saturated rings. The molecule has 0 atom stereocenters. The van der Waals surface area contributed by atoms with Gasteiger partial charge in [-0.2, -0.15) is 4.98 Å². The number of aryl methyl sites for hydroxylation is 1. The fourth-order valence-corrected chi connectivity index (χ4v) is 3.08. The van der Waals surface area contributed by atoms with Crippen molar-refractivity contribution in [3.63, 3.8) is 0 Å². The molecule has 31 heavy (non-hydrogen) atoms. The molecule has 0 saturated carbocycles. The Labute approximate surface area is 178 Å². The number of carbonyl (C=O) groups is 3. The number of imide groups is 1. The predicted octanol–water partition coefficient (Wildman–Crippen LogP) is 2.71. The molecular formula is C22H20N4O5. The molecule has 1 aromatic heterocycles. The van der Waals surface area contributed by atoms with E-state index in [1.54, 1.807) is 24.3 Å². The summed E-state index contributed by atoms with van der Waals surface area (Å²) in [4.78, 5) is 40.9. The number of rotatable bonds is 7. The Hall–Kier alpha value is -4.01. The molecule has 1 saturated heterocycles. The summed E-state index contributed by atoms with van der Waals surface area (Å²) in [6, 6.07) is 13.9. The van der Waals surface area contributed by atoms with Crippen molar-refractivity contribution in [2.24, 2.45) is 0 Å². The van der Waals surface area contributed by atoms with E-state index in [9.17, 15) is 14.4 Å². The van der Waals surface area contributed by atoms with Crippen molar-refractivity contribution >= 4 is 17.9 Å². The Kier molecular flexibility index (Phi) is 5.74. The number of urea groups is 1. The van der Waals surface area contributed by atoms with Gasteiger partial charge in [-0.15, -0.1) is 0 Å². The highest BCUT2D eigenvalue weighted by Gasteiger charge is 2.28. The third-order valence-electron chi connectivity index (χ3n) is 4.88. The van der Waals surface area contributed by atoms with Crippen LogP contribution in [0.1, 0.15) is 34.3 Å². The maximum atomic E-state index is 12.3. The Balaban J connectivity index is 1.33. The zero-order valence-electron chi connectivity index (χ0n) is 16.8. The monoisotopic (exact) mass is 420 g/mol. The van der Waals surface area contributed by atoms with Gasteiger partial charge in [-0.1, -0.05) is 48.5 Å². The van der Waals surface area contributed by atoms with Crippen molar-refractivity contribution in [1.29, 1.82) is 0 Å². The van der Waals surface area contributed by atoms with E-state index in [0.717, 1.165) is 22.4 Å². The van der Waals surface area contributed by atoms with Crippen molar-refractivity contribution in [1.82, 2.24) is 20.4 Å². The van der Waals surface area contributed by atoms with E-state index in [2.05, 4.69) is 22.4 Å². The van der Waals surface area contributed by atoms with Gasteiger partial charge in [0.05, 0.1) is 18.7 Å². The van der Waals surface area contributed by atoms with E-state index in [0.29, 0.717) is 11.4 Å². The smallest absolute Gasteiger partial charge is 0.338 e. The second-order valence-electron chi connectivity index (χ2n) is 6.97. The average molecular weight is 420 g/mol. The van der Waals surface area contributed by atoms with E-state index in [-0.39, 0.29) is 31.5 Å². The number of ether oxygens (including phenoxy) is 1. The maximum Gasteiger partial charge on any atom is 0.338 e. The molecule has 4 rings (SSSR count). The third kappa shape index (κ3) is 4.61. The van der Waals surface area contributed by atoms with Gasteiger partial charge in [-0.3, -0.25) is 9.69 Å². The van der Waals surface area contributed by atoms with Gasteiger partial charge in [0.1, 0.15) is 0 Å². The van der Waals surface area contributed by atoms with Crippen LogP contribution in [0.5, 0.6) is 0 Å². The second kappa shape index (κ2) is 8.78. The predicted molar refractivity (Wildman–Crippen MR) is 109 cm³/mol. The van der Waals surface area contributed by atoms with E-state index < -0.39 is 12.0 Å². The Morgan fingerprint density at radius 2 is 1.81 bits per heavy atom. The largest absolute Gasteiger partial charge is 0.452 e. The molecular weight excluding hydrogens is 400 g/mol. The van der Waals surface area contributed by atoms with E-state index in [4.69, 9.17) is 9.26 Å². The third-order valence-corrected chi connectivity index (χ3v) is 4.88. The summed E-state index contributed by atoms with van der Waals surface area (Å²) in [5.41, 5.74) is 3.08. The quantitative estimate of drug-likeness (QED) is 0.462. The minimum atomic E-state index is -0.548. The van der Waals surface area contributed by atoms with Crippen LogP contribution in [0.15, 0.2) is 53.1 Å². The highest BCUT2D eigenvalue weighted by Crippen LogP contribution is 2.17. The fourth-order valence-electron chi connectivity index (χ4n) is 3.08. The van der Waals surface area contributed by atoms with Crippen molar-refractivity contribution in [3.8, 4) is 11.4 Å². The minimum Gasteiger partial charge on any atom is -0.452 e. The zero-order chi connectivity index (χ0) is 21.8. The maximum absolute atomic E-state index is 12.3. The van der Waals surface area contributed by atoms with Crippen LogP contribution in [-0.4, -0.2) is 39.5 Å². The summed E-state index contributed by atoms with van der Waals surface area (Å²) in [6.07, 6.45) is 0.945. The normalized spacial score (nSPS) is 13.4. The van der Waals surface area contributed by atoms with Crippen LogP contribution in [0.25, 0.3) is 11.4 Å². The van der Waals surface area contributed by atoms with Crippen molar-refractivity contribution < 1.29 is 23.6 Å². The Morgan fingerprint density at radius 3 is 2.45 bits per heavy atom. The molecule has 158 valence electrons. The van der Waals surface area contributed by atoms with Gasteiger partial charge >= 0.3 is 12.0 Å². The van der Waals surface area contributed by atoms with Crippen LogP contribution < -0.4 is 5.32 Å². The molecule has 0 spiro atoms. The number of benzene rings is 2. The lowest BCUT2D eigenvalue weighted by Gasteiger charge is -2.12. The van der Waals surface area contributed by atoms with Crippen LogP contribution in [0.4, 0.5) is 4.79 Å². The average Bonchev–Trinajstić information content (AvgIpc) is 3.40. The van der Waals surface area contributed by atoms with E-state index in [1.807, 2.05) is 24.3 Å². The van der Waals surface area contributed by atoms with Crippen molar-refractivity contribution in [2.75, 3.05) is 6.54 Å². The molecule has 1 N–H and O–H groups in total. The summed E-state index contributed by atoms with van der Waals surface area (Å²) in [5, 5.41) is 6.39. The lowest BCUT2D eigenvalue weighted by Crippen LogP contribution is -2.30. The molecule has 0 aliphatic carbocycles. The molecule has 2 heterocycles. The molecule has 0 unspecified atom stereocenters. The van der Waals surface area contributed by atoms with Gasteiger partial charge in [0.25, 0.3) is 5.89 Å².